The maximum atomic E-state index is 12.7. The largest absolute Gasteiger partial charge is 0.544 e. The van der Waals surface area contributed by atoms with Gasteiger partial charge in [0.1, 0.15) is 12.6 Å². The van der Waals surface area contributed by atoms with Gasteiger partial charge in [0.2, 0.25) is 0 Å². The van der Waals surface area contributed by atoms with Crippen molar-refractivity contribution in [1.29, 1.82) is 0 Å². The van der Waals surface area contributed by atoms with Crippen molar-refractivity contribution in [2.45, 2.75) is 180 Å². The number of hydrogen-bond acceptors (Lipinski definition) is 7. The highest BCUT2D eigenvalue weighted by atomic mass is 16.6. The fraction of sp³-hybridized carbons (Fsp3) is 0.694. The van der Waals surface area contributed by atoms with E-state index in [0.717, 1.165) is 89.9 Å². The van der Waals surface area contributed by atoms with Gasteiger partial charge in [-0.3, -0.25) is 9.59 Å². The first-order valence-electron chi connectivity index (χ1n) is 22.5. The van der Waals surface area contributed by atoms with Gasteiger partial charge in [0.05, 0.1) is 40.3 Å². The van der Waals surface area contributed by atoms with Gasteiger partial charge in [-0.05, 0) is 57.8 Å². The van der Waals surface area contributed by atoms with Crippen molar-refractivity contribution in [2.75, 3.05) is 41.0 Å². The Morgan fingerprint density at radius 2 is 0.982 bits per heavy atom. The average molecular weight is 798 g/mol. The van der Waals surface area contributed by atoms with E-state index in [2.05, 4.69) is 56.4 Å². The van der Waals surface area contributed by atoms with Gasteiger partial charge in [0, 0.05) is 19.3 Å². The second-order valence-electron chi connectivity index (χ2n) is 16.0. The molecule has 57 heavy (non-hydrogen) atoms. The molecule has 0 aliphatic heterocycles. The van der Waals surface area contributed by atoms with Crippen LogP contribution in [0.25, 0.3) is 0 Å². The number of likely N-dealkylation sites (N-methyl/N-ethyl adjacent to an activating group) is 1. The summed E-state index contributed by atoms with van der Waals surface area (Å²) in [6, 6.07) is -0.736. The molecule has 8 nitrogen and oxygen atoms in total. The minimum atomic E-state index is -1.13. The van der Waals surface area contributed by atoms with Crippen LogP contribution in [0.2, 0.25) is 0 Å². The van der Waals surface area contributed by atoms with Crippen LogP contribution in [0.5, 0.6) is 0 Å². The van der Waals surface area contributed by atoms with Gasteiger partial charge >= 0.3 is 11.9 Å². The molecule has 0 heterocycles. The Bertz CT molecular complexity index is 1160. The minimum Gasteiger partial charge on any atom is -0.544 e. The molecule has 0 radical (unpaired) electrons. The van der Waals surface area contributed by atoms with E-state index in [9.17, 15) is 19.5 Å². The van der Waals surface area contributed by atoms with Crippen molar-refractivity contribution >= 4 is 17.9 Å². The van der Waals surface area contributed by atoms with Gasteiger partial charge in [-0.15, -0.1) is 0 Å². The molecule has 2 unspecified atom stereocenters. The van der Waals surface area contributed by atoms with Gasteiger partial charge in [-0.25, -0.2) is 0 Å². The average Bonchev–Trinajstić information content (AvgIpc) is 3.17. The molecule has 0 aliphatic carbocycles. The van der Waals surface area contributed by atoms with Gasteiger partial charge in [-0.1, -0.05) is 164 Å². The lowest BCUT2D eigenvalue weighted by Crippen LogP contribution is -2.55. The summed E-state index contributed by atoms with van der Waals surface area (Å²) in [7, 11) is 5.39. The Morgan fingerprint density at radius 1 is 0.544 bits per heavy atom. The smallest absolute Gasteiger partial charge is 0.306 e. The van der Waals surface area contributed by atoms with Crippen molar-refractivity contribution in [3.8, 4) is 0 Å². The lowest BCUT2D eigenvalue weighted by atomic mass is 10.1. The normalized spacial score (nSPS) is 13.6. The molecule has 0 spiro atoms. The van der Waals surface area contributed by atoms with E-state index in [1.165, 1.54) is 44.9 Å². The first-order chi connectivity index (χ1) is 27.6. The molecule has 2 atom stereocenters. The molecule has 0 aromatic rings. The molecular formula is C49H83NO7. The van der Waals surface area contributed by atoms with Crippen molar-refractivity contribution in [3.05, 3.63) is 72.9 Å². The molecule has 8 heteroatoms. The number of aliphatic carboxylic acids is 1. The summed E-state index contributed by atoms with van der Waals surface area (Å²) >= 11 is 0. The number of carbonyl (C=O) groups is 3. The zero-order chi connectivity index (χ0) is 42.1. The Kier molecular flexibility index (Phi) is 37.3. The highest BCUT2D eigenvalue weighted by Gasteiger charge is 2.25. The SMILES string of the molecule is CC/C=C/C=C/C=C/C=C/CCCCCCCC(=O)OCC(COCCC(C(=O)[O-])[N+](C)(C)C)OC(=O)CCCCCCC/C=C/C=C/CCCCCCCCC. The van der Waals surface area contributed by atoms with Crippen molar-refractivity contribution in [3.63, 3.8) is 0 Å². The number of carboxylic acids is 1. The van der Waals surface area contributed by atoms with Crippen LogP contribution in [-0.2, 0) is 28.6 Å². The van der Waals surface area contributed by atoms with Crippen LogP contribution in [0.4, 0.5) is 0 Å². The van der Waals surface area contributed by atoms with Gasteiger partial charge in [-0.2, -0.15) is 0 Å². The van der Waals surface area contributed by atoms with E-state index >= 15 is 0 Å². The first-order valence-corrected chi connectivity index (χ1v) is 22.5. The monoisotopic (exact) mass is 798 g/mol. The Hall–Kier alpha value is -3.23. The van der Waals surface area contributed by atoms with Gasteiger partial charge in [0.15, 0.2) is 6.10 Å². The number of nitrogens with zero attached hydrogens (tertiary/aromatic N) is 1. The third-order valence-electron chi connectivity index (χ3n) is 9.70. The third-order valence-corrected chi connectivity index (χ3v) is 9.70. The molecule has 0 rings (SSSR count). The molecule has 0 saturated heterocycles. The molecule has 0 bridgehead atoms. The maximum absolute atomic E-state index is 12.7. The fourth-order valence-corrected chi connectivity index (χ4v) is 6.19. The van der Waals surface area contributed by atoms with Crippen LogP contribution in [0.1, 0.15) is 168 Å². The van der Waals surface area contributed by atoms with E-state index in [4.69, 9.17) is 14.2 Å². The maximum Gasteiger partial charge on any atom is 0.306 e. The Labute approximate surface area is 349 Å². The highest BCUT2D eigenvalue weighted by Crippen LogP contribution is 2.13. The summed E-state index contributed by atoms with van der Waals surface area (Å²) in [4.78, 5) is 36.9. The molecule has 0 aromatic heterocycles. The Balaban J connectivity index is 4.42. The number of carboxylic acid groups (broad SMARTS) is 1. The van der Waals surface area contributed by atoms with E-state index in [0.29, 0.717) is 12.8 Å². The lowest BCUT2D eigenvalue weighted by Gasteiger charge is -2.34. The minimum absolute atomic E-state index is 0.0228. The molecule has 0 aliphatic rings. The van der Waals surface area contributed by atoms with Crippen LogP contribution >= 0.6 is 0 Å². The standard InChI is InChI=1S/C49H83NO7/c1-6-8-10-12-14-16-18-20-22-23-24-26-28-30-32-34-36-38-40-48(52)57-45(43-55-42-41-46(49(53)54)50(3,4)5)44-56-47(51)39-37-35-33-31-29-27-25-21-19-17-15-13-11-9-7-2/h9,11,13,15,17,19,21-26,45-46H,6-8,10,12,14,16,18,20,27-44H2,1-5H3/b11-9+,15-13+,19-17+,23-22+,25-21+,26-24+. The van der Waals surface area contributed by atoms with E-state index < -0.39 is 18.1 Å². The van der Waals surface area contributed by atoms with Crippen molar-refractivity contribution in [2.24, 2.45) is 0 Å². The summed E-state index contributed by atoms with van der Waals surface area (Å²) in [5.41, 5.74) is 0. The highest BCUT2D eigenvalue weighted by molar-refractivity contribution is 5.70. The third kappa shape index (κ3) is 38.1. The van der Waals surface area contributed by atoms with Crippen LogP contribution in [0.3, 0.4) is 0 Å². The molecule has 0 saturated carbocycles. The van der Waals surface area contributed by atoms with Crippen LogP contribution in [0, 0.1) is 0 Å². The quantitative estimate of drug-likeness (QED) is 0.0264. The molecule has 0 N–H and O–H groups in total. The number of carbonyl (C=O) groups excluding carboxylic acids is 3. The fourth-order valence-electron chi connectivity index (χ4n) is 6.19. The van der Waals surface area contributed by atoms with Crippen molar-refractivity contribution in [1.82, 2.24) is 0 Å². The first kappa shape index (κ1) is 53.8. The second kappa shape index (κ2) is 39.6. The molecule has 0 fully saturated rings. The molecule has 0 aromatic carbocycles. The van der Waals surface area contributed by atoms with E-state index in [1.807, 2.05) is 30.4 Å². The second-order valence-corrected chi connectivity index (χ2v) is 16.0. The predicted octanol–water partition coefficient (Wildman–Crippen LogP) is 11.0. The van der Waals surface area contributed by atoms with E-state index in [-0.39, 0.29) is 42.7 Å². The summed E-state index contributed by atoms with van der Waals surface area (Å²) in [6.45, 7) is 4.47. The number of unbranched alkanes of at least 4 members (excludes halogenated alkanes) is 17. The molecule has 0 amide bonds. The van der Waals surface area contributed by atoms with Crippen LogP contribution < -0.4 is 5.11 Å². The topological polar surface area (TPSA) is 102 Å². The van der Waals surface area contributed by atoms with Gasteiger partial charge in [0.25, 0.3) is 0 Å². The predicted molar refractivity (Wildman–Crippen MR) is 235 cm³/mol. The number of hydrogen-bond donors (Lipinski definition) is 0. The summed E-state index contributed by atoms with van der Waals surface area (Å²) in [6.07, 6.45) is 49.2. The number of quaternary nitrogens is 1. The van der Waals surface area contributed by atoms with Gasteiger partial charge < -0.3 is 28.6 Å². The molecule has 326 valence electrons. The number of allylic oxidation sites excluding steroid dienone is 12. The zero-order valence-corrected chi connectivity index (χ0v) is 37.0. The summed E-state index contributed by atoms with van der Waals surface area (Å²) in [5.74, 6) is -1.79. The zero-order valence-electron chi connectivity index (χ0n) is 37.0. The van der Waals surface area contributed by atoms with E-state index in [1.54, 1.807) is 21.1 Å². The van der Waals surface area contributed by atoms with Crippen LogP contribution in [-0.4, -0.2) is 75.5 Å². The molecular weight excluding hydrogens is 715 g/mol. The lowest BCUT2D eigenvalue weighted by molar-refractivity contribution is -0.889. The number of ether oxygens (including phenoxy) is 3. The summed E-state index contributed by atoms with van der Waals surface area (Å²) in [5, 5.41) is 11.6. The van der Waals surface area contributed by atoms with Crippen molar-refractivity contribution < 1.29 is 38.2 Å². The number of esters is 2. The number of rotatable bonds is 39. The Morgan fingerprint density at radius 3 is 1.47 bits per heavy atom. The van der Waals surface area contributed by atoms with Crippen LogP contribution in [0.15, 0.2) is 72.9 Å². The summed E-state index contributed by atoms with van der Waals surface area (Å²) < 4.78 is 17.1.